The fourth-order valence-corrected chi connectivity index (χ4v) is 1.57. The van der Waals surface area contributed by atoms with Crippen LogP contribution in [0, 0.1) is 0 Å². The van der Waals surface area contributed by atoms with Gasteiger partial charge in [0.05, 0.1) is 11.4 Å². The highest BCUT2D eigenvalue weighted by Gasteiger charge is 2.17. The molecule has 1 amide bonds. The highest BCUT2D eigenvalue weighted by molar-refractivity contribution is 5.89. The molecule has 1 rings (SSSR count). The number of hydrogen-bond donors (Lipinski definition) is 2. The van der Waals surface area contributed by atoms with Gasteiger partial charge in [-0.2, -0.15) is 0 Å². The van der Waals surface area contributed by atoms with Crippen molar-refractivity contribution in [1.82, 2.24) is 15.2 Å². The molecular formula is C12H21N5O. The van der Waals surface area contributed by atoms with Crippen molar-refractivity contribution in [2.75, 3.05) is 5.32 Å². The van der Waals surface area contributed by atoms with Gasteiger partial charge >= 0.3 is 0 Å². The molecule has 0 bridgehead atoms. The van der Waals surface area contributed by atoms with Crippen molar-refractivity contribution in [2.24, 2.45) is 5.73 Å². The maximum Gasteiger partial charge on any atom is 0.249 e. The van der Waals surface area contributed by atoms with E-state index in [-0.39, 0.29) is 18.3 Å². The minimum Gasteiger partial charge on any atom is -0.325 e. The van der Waals surface area contributed by atoms with Crippen molar-refractivity contribution < 1.29 is 4.79 Å². The number of hydrogen-bond acceptors (Lipinski definition) is 5. The van der Waals surface area contributed by atoms with Crippen molar-refractivity contribution >= 4 is 11.9 Å². The van der Waals surface area contributed by atoms with Crippen LogP contribution in [0.1, 0.15) is 45.5 Å². The molecule has 0 radical (unpaired) electrons. The number of carbonyl (C=O) groups is 1. The summed E-state index contributed by atoms with van der Waals surface area (Å²) in [6.07, 6.45) is 1.77. The summed E-state index contributed by atoms with van der Waals surface area (Å²) in [6.45, 7) is 7.59. The zero-order valence-electron chi connectivity index (χ0n) is 11.4. The number of nitrogens with one attached hydrogen (secondary N) is 1. The van der Waals surface area contributed by atoms with Crippen molar-refractivity contribution in [1.29, 1.82) is 0 Å². The van der Waals surface area contributed by atoms with Crippen LogP contribution in [0.2, 0.25) is 0 Å². The summed E-state index contributed by atoms with van der Waals surface area (Å²) >= 11 is 0. The number of carbonyl (C=O) groups excluding carboxylic acids is 1. The Hall–Kier alpha value is -1.56. The summed E-state index contributed by atoms with van der Waals surface area (Å²) in [4.78, 5) is 16.0. The summed E-state index contributed by atoms with van der Waals surface area (Å²) < 4.78 is 0. The van der Waals surface area contributed by atoms with Gasteiger partial charge < -0.3 is 5.73 Å². The molecule has 3 N–H and O–H groups in total. The Kier molecular flexibility index (Phi) is 4.72. The predicted molar refractivity (Wildman–Crippen MR) is 70.1 cm³/mol. The average molecular weight is 251 g/mol. The summed E-state index contributed by atoms with van der Waals surface area (Å²) in [5.74, 6) is 0.0499. The molecule has 0 spiro atoms. The lowest BCUT2D eigenvalue weighted by Crippen LogP contribution is -2.36. The van der Waals surface area contributed by atoms with Crippen molar-refractivity contribution in [2.45, 2.75) is 52.5 Å². The largest absolute Gasteiger partial charge is 0.325 e. The first kappa shape index (κ1) is 14.5. The molecule has 0 aliphatic heterocycles. The van der Waals surface area contributed by atoms with Crippen LogP contribution < -0.4 is 11.1 Å². The molecule has 1 heterocycles. The molecule has 0 aliphatic carbocycles. The van der Waals surface area contributed by atoms with E-state index in [1.165, 1.54) is 0 Å². The van der Waals surface area contributed by atoms with E-state index >= 15 is 0 Å². The molecule has 0 atom stereocenters. The van der Waals surface area contributed by atoms with E-state index < -0.39 is 5.54 Å². The molecule has 0 saturated heterocycles. The van der Waals surface area contributed by atoms with Crippen molar-refractivity contribution in [3.05, 3.63) is 11.4 Å². The Morgan fingerprint density at radius 3 is 2.33 bits per heavy atom. The Bertz CT molecular complexity index is 425. The molecule has 6 nitrogen and oxygen atoms in total. The molecular weight excluding hydrogens is 230 g/mol. The lowest BCUT2D eigenvalue weighted by atomic mass is 10.0. The predicted octanol–water partition coefficient (Wildman–Crippen LogP) is 1.06. The van der Waals surface area contributed by atoms with Crippen molar-refractivity contribution in [3.63, 3.8) is 0 Å². The molecule has 1 aromatic heterocycles. The molecule has 18 heavy (non-hydrogen) atoms. The van der Waals surface area contributed by atoms with E-state index in [1.807, 2.05) is 13.8 Å². The Morgan fingerprint density at radius 1 is 1.22 bits per heavy atom. The lowest BCUT2D eigenvalue weighted by Gasteiger charge is -2.17. The van der Waals surface area contributed by atoms with E-state index in [9.17, 15) is 4.79 Å². The smallest absolute Gasteiger partial charge is 0.249 e. The quantitative estimate of drug-likeness (QED) is 0.816. The SMILES string of the molecule is CCc1nnc(NC(=O)CC(C)(C)N)nc1CC. The van der Waals surface area contributed by atoms with Gasteiger partial charge in [-0.15, -0.1) is 10.2 Å². The van der Waals surface area contributed by atoms with Crippen LogP contribution in [-0.4, -0.2) is 26.6 Å². The van der Waals surface area contributed by atoms with Gasteiger partial charge in [0.1, 0.15) is 0 Å². The van der Waals surface area contributed by atoms with E-state index in [0.29, 0.717) is 0 Å². The standard InChI is InChI=1S/C12H21N5O/c1-5-8-9(6-2)16-17-11(14-8)15-10(18)7-12(3,4)13/h5-7,13H2,1-4H3,(H,14,15,17,18). The first-order valence-electron chi connectivity index (χ1n) is 6.17. The second-order valence-electron chi connectivity index (χ2n) is 4.95. The summed E-state index contributed by atoms with van der Waals surface area (Å²) in [7, 11) is 0. The Labute approximate surface area is 107 Å². The molecule has 0 fully saturated rings. The van der Waals surface area contributed by atoms with Crippen LogP contribution in [0.4, 0.5) is 5.95 Å². The third-order valence-corrected chi connectivity index (χ3v) is 2.38. The number of nitrogens with two attached hydrogens (primary N) is 1. The molecule has 0 aliphatic rings. The molecule has 0 aromatic carbocycles. The maximum atomic E-state index is 11.7. The van der Waals surface area contributed by atoms with E-state index in [1.54, 1.807) is 13.8 Å². The summed E-state index contributed by atoms with van der Waals surface area (Å²) in [5.41, 5.74) is 6.97. The highest BCUT2D eigenvalue weighted by atomic mass is 16.1. The zero-order chi connectivity index (χ0) is 13.8. The first-order chi connectivity index (χ1) is 8.35. The topological polar surface area (TPSA) is 93.8 Å². The first-order valence-corrected chi connectivity index (χ1v) is 6.17. The van der Waals surface area contributed by atoms with E-state index in [2.05, 4.69) is 20.5 Å². The van der Waals surface area contributed by atoms with Gasteiger partial charge in [0, 0.05) is 12.0 Å². The molecule has 6 heteroatoms. The van der Waals surface area contributed by atoms with Crippen LogP contribution in [-0.2, 0) is 17.6 Å². The molecule has 1 aromatic rings. The molecule has 0 unspecified atom stereocenters. The van der Waals surface area contributed by atoms with Crippen LogP contribution in [0.5, 0.6) is 0 Å². The van der Waals surface area contributed by atoms with Gasteiger partial charge in [0.25, 0.3) is 0 Å². The van der Waals surface area contributed by atoms with Gasteiger partial charge in [0.2, 0.25) is 11.9 Å². The number of aryl methyl sites for hydroxylation is 2. The zero-order valence-corrected chi connectivity index (χ0v) is 11.4. The van der Waals surface area contributed by atoms with E-state index in [0.717, 1.165) is 24.2 Å². The van der Waals surface area contributed by atoms with Gasteiger partial charge in [0.15, 0.2) is 0 Å². The molecule has 100 valence electrons. The van der Waals surface area contributed by atoms with E-state index in [4.69, 9.17) is 5.73 Å². The fraction of sp³-hybridized carbons (Fsp3) is 0.667. The van der Waals surface area contributed by atoms with Crippen molar-refractivity contribution in [3.8, 4) is 0 Å². The fourth-order valence-electron chi connectivity index (χ4n) is 1.57. The minimum absolute atomic E-state index is 0.199. The number of anilines is 1. The summed E-state index contributed by atoms with van der Waals surface area (Å²) in [6, 6.07) is 0. The maximum absolute atomic E-state index is 11.7. The van der Waals surface area contributed by atoms with Gasteiger partial charge in [-0.05, 0) is 26.7 Å². The number of aromatic nitrogens is 3. The van der Waals surface area contributed by atoms with Crippen LogP contribution in [0.15, 0.2) is 0 Å². The second-order valence-corrected chi connectivity index (χ2v) is 4.95. The molecule has 0 saturated carbocycles. The van der Waals surface area contributed by atoms with Gasteiger partial charge in [-0.25, -0.2) is 4.98 Å². The van der Waals surface area contributed by atoms with Crippen LogP contribution >= 0.6 is 0 Å². The Balaban J connectivity index is 2.76. The monoisotopic (exact) mass is 251 g/mol. The number of rotatable bonds is 5. The average Bonchev–Trinajstić information content (AvgIpc) is 2.26. The Morgan fingerprint density at radius 2 is 1.83 bits per heavy atom. The second kappa shape index (κ2) is 5.86. The lowest BCUT2D eigenvalue weighted by molar-refractivity contribution is -0.117. The van der Waals surface area contributed by atoms with Crippen LogP contribution in [0.3, 0.4) is 0 Å². The highest BCUT2D eigenvalue weighted by Crippen LogP contribution is 2.09. The normalized spacial score (nSPS) is 11.4. The van der Waals surface area contributed by atoms with Gasteiger partial charge in [-0.1, -0.05) is 13.8 Å². The van der Waals surface area contributed by atoms with Crippen LogP contribution in [0.25, 0.3) is 0 Å². The third-order valence-electron chi connectivity index (χ3n) is 2.38. The number of amides is 1. The number of nitrogens with zero attached hydrogens (tertiary/aromatic N) is 3. The third kappa shape index (κ3) is 4.37. The minimum atomic E-state index is -0.547. The summed E-state index contributed by atoms with van der Waals surface area (Å²) in [5, 5.41) is 10.6. The van der Waals surface area contributed by atoms with Gasteiger partial charge in [-0.3, -0.25) is 10.1 Å².